The van der Waals surface area contributed by atoms with E-state index in [0.717, 1.165) is 28.9 Å². The van der Waals surface area contributed by atoms with E-state index in [-0.39, 0.29) is 0 Å². The van der Waals surface area contributed by atoms with Gasteiger partial charge in [0.1, 0.15) is 11.5 Å². The second-order valence-electron chi connectivity index (χ2n) is 4.68. The van der Waals surface area contributed by atoms with Gasteiger partial charge < -0.3 is 10.1 Å². The highest BCUT2D eigenvalue weighted by Crippen LogP contribution is 2.38. The molecular weight excluding hydrogens is 234 g/mol. The van der Waals surface area contributed by atoms with Crippen LogP contribution in [0.3, 0.4) is 0 Å². The molecule has 1 aliphatic rings. The zero-order valence-corrected chi connectivity index (χ0v) is 11.7. The second-order valence-corrected chi connectivity index (χ2v) is 4.68. The van der Waals surface area contributed by atoms with E-state index in [9.17, 15) is 0 Å². The molecular formula is C17H19NO. The minimum Gasteiger partial charge on any atom is -0.456 e. The van der Waals surface area contributed by atoms with E-state index in [1.54, 1.807) is 0 Å². The Morgan fingerprint density at radius 2 is 2.16 bits per heavy atom. The Kier molecular flexibility index (Phi) is 3.70. The highest BCUT2D eigenvalue weighted by Gasteiger charge is 2.20. The first-order valence-corrected chi connectivity index (χ1v) is 6.50. The van der Waals surface area contributed by atoms with E-state index < -0.39 is 0 Å². The Hall–Kier alpha value is -2.09. The van der Waals surface area contributed by atoms with E-state index >= 15 is 0 Å². The minimum absolute atomic E-state index is 0.702. The third-order valence-electron chi connectivity index (χ3n) is 3.31. The summed E-state index contributed by atoms with van der Waals surface area (Å²) in [5.41, 5.74) is 5.17. The molecule has 19 heavy (non-hydrogen) atoms. The maximum absolute atomic E-state index is 7.43. The molecule has 1 aromatic rings. The summed E-state index contributed by atoms with van der Waals surface area (Å²) in [6, 6.07) is 4.25. The SMILES string of the molecule is C=C1C=C(/C(C=N)=C/C)Oc2c(CC)cc(C)cc21. The normalized spacial score (nSPS) is 14.6. The van der Waals surface area contributed by atoms with Crippen LogP contribution in [0.4, 0.5) is 0 Å². The van der Waals surface area contributed by atoms with Crippen LogP contribution in [0.5, 0.6) is 5.75 Å². The topological polar surface area (TPSA) is 33.1 Å². The molecule has 0 radical (unpaired) electrons. The average molecular weight is 253 g/mol. The molecule has 0 unspecified atom stereocenters. The number of rotatable bonds is 3. The number of aryl methyl sites for hydroxylation is 2. The Morgan fingerprint density at radius 3 is 2.74 bits per heavy atom. The Labute approximate surface area is 114 Å². The van der Waals surface area contributed by atoms with E-state index in [2.05, 4.69) is 32.6 Å². The lowest BCUT2D eigenvalue weighted by Gasteiger charge is -2.23. The van der Waals surface area contributed by atoms with Crippen LogP contribution in [0.25, 0.3) is 5.57 Å². The van der Waals surface area contributed by atoms with Gasteiger partial charge in [-0.05, 0) is 49.1 Å². The number of fused-ring (bicyclic) bond motifs is 1. The van der Waals surface area contributed by atoms with Crippen LogP contribution in [-0.4, -0.2) is 6.21 Å². The average Bonchev–Trinajstić information content (AvgIpc) is 2.40. The predicted molar refractivity (Wildman–Crippen MR) is 80.8 cm³/mol. The molecule has 2 nitrogen and oxygen atoms in total. The smallest absolute Gasteiger partial charge is 0.138 e. The van der Waals surface area contributed by atoms with Crippen LogP contribution < -0.4 is 4.74 Å². The third-order valence-corrected chi connectivity index (χ3v) is 3.31. The van der Waals surface area contributed by atoms with E-state index in [1.807, 2.05) is 19.1 Å². The number of nitrogens with one attached hydrogen (secondary N) is 1. The maximum atomic E-state index is 7.43. The second kappa shape index (κ2) is 5.27. The van der Waals surface area contributed by atoms with E-state index in [1.165, 1.54) is 17.3 Å². The molecule has 0 aliphatic carbocycles. The van der Waals surface area contributed by atoms with Gasteiger partial charge in [-0.25, -0.2) is 0 Å². The first-order chi connectivity index (χ1) is 9.10. The predicted octanol–water partition coefficient (Wildman–Crippen LogP) is 4.44. The molecule has 0 fully saturated rings. The monoisotopic (exact) mass is 253 g/mol. The molecule has 0 amide bonds. The molecule has 0 aromatic heterocycles. The lowest BCUT2D eigenvalue weighted by molar-refractivity contribution is 0.430. The van der Waals surface area contributed by atoms with Crippen molar-refractivity contribution >= 4 is 11.8 Å². The van der Waals surface area contributed by atoms with Crippen molar-refractivity contribution in [3.05, 3.63) is 58.9 Å². The molecule has 0 atom stereocenters. The minimum atomic E-state index is 0.702. The van der Waals surface area contributed by atoms with Crippen LogP contribution in [0, 0.1) is 12.3 Å². The summed E-state index contributed by atoms with van der Waals surface area (Å²) in [6.07, 6.45) is 6.00. The number of allylic oxidation sites excluding steroid dienone is 4. The van der Waals surface area contributed by atoms with Gasteiger partial charge in [-0.15, -0.1) is 0 Å². The summed E-state index contributed by atoms with van der Waals surface area (Å²) in [7, 11) is 0. The first-order valence-electron chi connectivity index (χ1n) is 6.50. The van der Waals surface area contributed by atoms with Crippen molar-refractivity contribution in [3.8, 4) is 5.75 Å². The number of hydrogen-bond donors (Lipinski definition) is 1. The summed E-state index contributed by atoms with van der Waals surface area (Å²) < 4.78 is 6.00. The van der Waals surface area contributed by atoms with E-state index in [4.69, 9.17) is 10.1 Å². The van der Waals surface area contributed by atoms with Crippen molar-refractivity contribution in [3.63, 3.8) is 0 Å². The van der Waals surface area contributed by atoms with Gasteiger partial charge in [0.15, 0.2) is 0 Å². The standard InChI is InChI=1S/C17H19NO/c1-5-13-7-11(3)8-15-12(4)9-16(19-17(13)15)14(6-2)10-18/h6-10,18H,4-5H2,1-3H3/b14-6+,18-10?. The molecule has 0 saturated carbocycles. The first kappa shape index (κ1) is 13.3. The summed E-state index contributed by atoms with van der Waals surface area (Å²) in [6.45, 7) is 10.2. The Bertz CT molecular complexity index is 606. The summed E-state index contributed by atoms with van der Waals surface area (Å²) in [4.78, 5) is 0. The molecule has 1 N–H and O–H groups in total. The summed E-state index contributed by atoms with van der Waals surface area (Å²) in [5.74, 6) is 1.59. The molecule has 0 saturated heterocycles. The fourth-order valence-corrected chi connectivity index (χ4v) is 2.28. The molecule has 0 bridgehead atoms. The van der Waals surface area contributed by atoms with E-state index in [0.29, 0.717) is 5.76 Å². The van der Waals surface area contributed by atoms with Gasteiger partial charge >= 0.3 is 0 Å². The van der Waals surface area contributed by atoms with Gasteiger partial charge in [-0.2, -0.15) is 0 Å². The van der Waals surface area contributed by atoms with Crippen LogP contribution in [0.2, 0.25) is 0 Å². The number of hydrogen-bond acceptors (Lipinski definition) is 2. The van der Waals surface area contributed by atoms with Crippen molar-refractivity contribution in [2.24, 2.45) is 0 Å². The van der Waals surface area contributed by atoms with Crippen molar-refractivity contribution in [1.82, 2.24) is 0 Å². The number of ether oxygens (including phenoxy) is 1. The number of benzene rings is 1. The van der Waals surface area contributed by atoms with Gasteiger partial charge in [-0.1, -0.05) is 25.6 Å². The third kappa shape index (κ3) is 2.39. The van der Waals surface area contributed by atoms with Crippen LogP contribution in [0.15, 0.2) is 42.2 Å². The highest BCUT2D eigenvalue weighted by molar-refractivity contribution is 5.87. The van der Waals surface area contributed by atoms with Crippen LogP contribution in [-0.2, 0) is 6.42 Å². The van der Waals surface area contributed by atoms with Crippen LogP contribution in [0.1, 0.15) is 30.5 Å². The lowest BCUT2D eigenvalue weighted by atomic mass is 9.95. The Morgan fingerprint density at radius 1 is 1.42 bits per heavy atom. The molecule has 0 spiro atoms. The Balaban J connectivity index is 2.56. The highest BCUT2D eigenvalue weighted by atomic mass is 16.5. The molecule has 98 valence electrons. The molecule has 2 heteroatoms. The van der Waals surface area contributed by atoms with Gasteiger partial charge in [0, 0.05) is 17.4 Å². The summed E-state index contributed by atoms with van der Waals surface area (Å²) >= 11 is 0. The van der Waals surface area contributed by atoms with Crippen molar-refractivity contribution < 1.29 is 4.74 Å². The van der Waals surface area contributed by atoms with Gasteiger partial charge in [0.25, 0.3) is 0 Å². The quantitative estimate of drug-likeness (QED) is 0.793. The molecule has 1 heterocycles. The zero-order valence-electron chi connectivity index (χ0n) is 11.7. The van der Waals surface area contributed by atoms with Gasteiger partial charge in [0.2, 0.25) is 0 Å². The van der Waals surface area contributed by atoms with Gasteiger partial charge in [-0.3, -0.25) is 0 Å². The van der Waals surface area contributed by atoms with Crippen LogP contribution >= 0.6 is 0 Å². The molecule has 2 rings (SSSR count). The maximum Gasteiger partial charge on any atom is 0.138 e. The van der Waals surface area contributed by atoms with Crippen molar-refractivity contribution in [1.29, 1.82) is 5.41 Å². The summed E-state index contributed by atoms with van der Waals surface area (Å²) in [5, 5.41) is 7.43. The fourth-order valence-electron chi connectivity index (χ4n) is 2.28. The van der Waals surface area contributed by atoms with Crippen molar-refractivity contribution in [2.75, 3.05) is 0 Å². The molecule has 1 aromatic carbocycles. The molecule has 1 aliphatic heterocycles. The zero-order chi connectivity index (χ0) is 14.0. The van der Waals surface area contributed by atoms with Gasteiger partial charge in [0.05, 0.1) is 0 Å². The van der Waals surface area contributed by atoms with Crippen molar-refractivity contribution in [2.45, 2.75) is 27.2 Å². The fraction of sp³-hybridized carbons (Fsp3) is 0.235. The largest absolute Gasteiger partial charge is 0.456 e. The lowest BCUT2D eigenvalue weighted by Crippen LogP contribution is -2.09.